The monoisotopic (exact) mass is 346 g/mol. The van der Waals surface area contributed by atoms with Gasteiger partial charge in [0.05, 0.1) is 0 Å². The van der Waals surface area contributed by atoms with Crippen LogP contribution < -0.4 is 16.0 Å². The minimum Gasteiger partial charge on any atom is -0.355 e. The van der Waals surface area contributed by atoms with Crippen molar-refractivity contribution >= 4 is 11.7 Å². The van der Waals surface area contributed by atoms with E-state index in [4.69, 9.17) is 5.73 Å². The Morgan fingerprint density at radius 1 is 1.20 bits per heavy atom. The molecule has 0 aliphatic carbocycles. The summed E-state index contributed by atoms with van der Waals surface area (Å²) >= 11 is 0. The number of nitrogens with one attached hydrogen (secondary N) is 1. The van der Waals surface area contributed by atoms with Crippen molar-refractivity contribution in [1.82, 2.24) is 20.2 Å². The van der Waals surface area contributed by atoms with Gasteiger partial charge in [0.1, 0.15) is 5.82 Å². The number of nitrogens with zero attached hydrogens (tertiary/aromatic N) is 4. The number of likely N-dealkylation sites (tertiary alicyclic amines) is 1. The van der Waals surface area contributed by atoms with Crippen LogP contribution in [0.2, 0.25) is 0 Å². The molecular formula is C18H30N6O. The predicted molar refractivity (Wildman–Crippen MR) is 98.9 cm³/mol. The Balaban J connectivity index is 1.76. The summed E-state index contributed by atoms with van der Waals surface area (Å²) in [7, 11) is 1.98. The molecule has 2 aliphatic heterocycles. The van der Waals surface area contributed by atoms with Gasteiger partial charge in [-0.05, 0) is 52.6 Å². The molecule has 0 spiro atoms. The number of aryl methyl sites for hydroxylation is 1. The van der Waals surface area contributed by atoms with Crippen molar-refractivity contribution in [2.75, 3.05) is 44.7 Å². The molecule has 0 unspecified atom stereocenters. The molecule has 3 rings (SSSR count). The van der Waals surface area contributed by atoms with Crippen molar-refractivity contribution in [1.29, 1.82) is 0 Å². The van der Waals surface area contributed by atoms with Crippen LogP contribution in [0.5, 0.6) is 0 Å². The van der Waals surface area contributed by atoms with Gasteiger partial charge in [-0.2, -0.15) is 0 Å². The van der Waals surface area contributed by atoms with Crippen LogP contribution in [0, 0.1) is 19.8 Å². The van der Waals surface area contributed by atoms with Crippen LogP contribution in [0.4, 0.5) is 5.82 Å². The first kappa shape index (κ1) is 18.1. The molecule has 0 saturated carbocycles. The maximum Gasteiger partial charge on any atom is 0.291 e. The van der Waals surface area contributed by atoms with E-state index in [-0.39, 0.29) is 11.9 Å². The number of hydrogen-bond donors (Lipinski definition) is 2. The number of carbonyl (C=O) groups is 1. The number of piperidine rings is 1. The lowest BCUT2D eigenvalue weighted by Crippen LogP contribution is -2.41. The summed E-state index contributed by atoms with van der Waals surface area (Å²) in [6.45, 7) is 8.23. The standard InChI is InChI=1S/C18H30N6O/c1-12-13(2)21-16(22-17(12)24-9-6-15(19)11-24)18(25)23-7-4-14(5-8-23)10-20-3/h14-15,20H,4-11,19H2,1-3H3/t15-/m1/s1. The van der Waals surface area contributed by atoms with E-state index in [1.807, 2.05) is 25.8 Å². The zero-order valence-electron chi connectivity index (χ0n) is 15.6. The van der Waals surface area contributed by atoms with E-state index in [0.717, 1.165) is 69.1 Å². The molecule has 2 saturated heterocycles. The van der Waals surface area contributed by atoms with Crippen molar-refractivity contribution in [2.45, 2.75) is 39.2 Å². The third kappa shape index (κ3) is 3.93. The van der Waals surface area contributed by atoms with Crippen molar-refractivity contribution in [3.05, 3.63) is 17.1 Å². The number of amides is 1. The van der Waals surface area contributed by atoms with Crippen molar-refractivity contribution in [3.63, 3.8) is 0 Å². The molecule has 0 aromatic carbocycles. The van der Waals surface area contributed by atoms with E-state index in [2.05, 4.69) is 20.2 Å². The van der Waals surface area contributed by atoms with Gasteiger partial charge >= 0.3 is 0 Å². The summed E-state index contributed by atoms with van der Waals surface area (Å²) in [5.41, 5.74) is 7.95. The van der Waals surface area contributed by atoms with E-state index in [1.54, 1.807) is 0 Å². The normalized spacial score (nSPS) is 21.8. The highest BCUT2D eigenvalue weighted by molar-refractivity contribution is 5.91. The number of anilines is 1. The average molecular weight is 346 g/mol. The minimum absolute atomic E-state index is 0.0456. The SMILES string of the molecule is CNCC1CCN(C(=O)c2nc(C)c(C)c(N3CC[C@@H](N)C3)n2)CC1. The number of aromatic nitrogens is 2. The second-order valence-electron chi connectivity index (χ2n) is 7.37. The van der Waals surface area contributed by atoms with Crippen LogP contribution in [0.1, 0.15) is 41.1 Å². The molecule has 7 nitrogen and oxygen atoms in total. The van der Waals surface area contributed by atoms with Gasteiger partial charge in [-0.15, -0.1) is 0 Å². The molecule has 7 heteroatoms. The lowest BCUT2D eigenvalue weighted by atomic mass is 9.97. The summed E-state index contributed by atoms with van der Waals surface area (Å²) in [6, 6.07) is 0.181. The maximum atomic E-state index is 12.9. The number of rotatable bonds is 4. The second kappa shape index (κ2) is 7.66. The molecular weight excluding hydrogens is 316 g/mol. The highest BCUT2D eigenvalue weighted by atomic mass is 16.2. The van der Waals surface area contributed by atoms with Crippen LogP contribution in [-0.2, 0) is 0 Å². The van der Waals surface area contributed by atoms with Crippen LogP contribution in [0.3, 0.4) is 0 Å². The summed E-state index contributed by atoms with van der Waals surface area (Å²) < 4.78 is 0. The fourth-order valence-corrected chi connectivity index (χ4v) is 3.77. The van der Waals surface area contributed by atoms with Crippen LogP contribution in [-0.4, -0.2) is 66.6 Å². The molecule has 1 amide bonds. The molecule has 0 radical (unpaired) electrons. The zero-order valence-corrected chi connectivity index (χ0v) is 15.6. The summed E-state index contributed by atoms with van der Waals surface area (Å²) in [4.78, 5) is 26.1. The van der Waals surface area contributed by atoms with E-state index < -0.39 is 0 Å². The van der Waals surface area contributed by atoms with Crippen LogP contribution in [0.25, 0.3) is 0 Å². The molecule has 1 atom stereocenters. The number of hydrogen-bond acceptors (Lipinski definition) is 6. The Morgan fingerprint density at radius 3 is 2.52 bits per heavy atom. The minimum atomic E-state index is -0.0456. The first-order valence-electron chi connectivity index (χ1n) is 9.29. The average Bonchev–Trinajstić information content (AvgIpc) is 3.04. The van der Waals surface area contributed by atoms with Gasteiger partial charge in [0.2, 0.25) is 5.82 Å². The van der Waals surface area contributed by atoms with E-state index >= 15 is 0 Å². The molecule has 1 aromatic rings. The van der Waals surface area contributed by atoms with Gasteiger partial charge in [-0.3, -0.25) is 4.79 Å². The van der Waals surface area contributed by atoms with E-state index in [9.17, 15) is 4.79 Å². The largest absolute Gasteiger partial charge is 0.355 e. The molecule has 3 heterocycles. The summed E-state index contributed by atoms with van der Waals surface area (Å²) in [5, 5.41) is 3.23. The van der Waals surface area contributed by atoms with Gasteiger partial charge in [0, 0.05) is 43.5 Å². The topological polar surface area (TPSA) is 87.4 Å². The fraction of sp³-hybridized carbons (Fsp3) is 0.722. The number of carbonyl (C=O) groups excluding carboxylic acids is 1. The van der Waals surface area contributed by atoms with Crippen LogP contribution >= 0.6 is 0 Å². The lowest BCUT2D eigenvalue weighted by molar-refractivity contribution is 0.0678. The zero-order chi connectivity index (χ0) is 18.0. The molecule has 2 fully saturated rings. The Bertz CT molecular complexity index is 626. The summed E-state index contributed by atoms with van der Waals surface area (Å²) in [5.74, 6) is 1.80. The molecule has 25 heavy (non-hydrogen) atoms. The Hall–Kier alpha value is -1.73. The van der Waals surface area contributed by atoms with Gasteiger partial charge in [0.15, 0.2) is 0 Å². The highest BCUT2D eigenvalue weighted by Gasteiger charge is 2.28. The smallest absolute Gasteiger partial charge is 0.291 e. The Labute approximate surface area is 150 Å². The van der Waals surface area contributed by atoms with E-state index in [0.29, 0.717) is 11.7 Å². The van der Waals surface area contributed by atoms with Crippen molar-refractivity contribution in [2.24, 2.45) is 11.7 Å². The quantitative estimate of drug-likeness (QED) is 0.835. The summed E-state index contributed by atoms with van der Waals surface area (Å²) in [6.07, 6.45) is 3.03. The predicted octanol–water partition coefficient (Wildman–Crippen LogP) is 0.702. The van der Waals surface area contributed by atoms with Gasteiger partial charge < -0.3 is 20.9 Å². The first-order valence-corrected chi connectivity index (χ1v) is 9.29. The highest BCUT2D eigenvalue weighted by Crippen LogP contribution is 2.24. The molecule has 1 aromatic heterocycles. The van der Waals surface area contributed by atoms with Crippen molar-refractivity contribution in [3.8, 4) is 0 Å². The fourth-order valence-electron chi connectivity index (χ4n) is 3.77. The van der Waals surface area contributed by atoms with E-state index in [1.165, 1.54) is 0 Å². The van der Waals surface area contributed by atoms with Gasteiger partial charge in [-0.25, -0.2) is 9.97 Å². The van der Waals surface area contributed by atoms with Gasteiger partial charge in [0.25, 0.3) is 5.91 Å². The first-order chi connectivity index (χ1) is 12.0. The van der Waals surface area contributed by atoms with Crippen molar-refractivity contribution < 1.29 is 4.79 Å². The molecule has 3 N–H and O–H groups in total. The van der Waals surface area contributed by atoms with Gasteiger partial charge in [-0.1, -0.05) is 0 Å². The lowest BCUT2D eigenvalue weighted by Gasteiger charge is -2.31. The van der Waals surface area contributed by atoms with Crippen LogP contribution in [0.15, 0.2) is 0 Å². The maximum absolute atomic E-state index is 12.9. The molecule has 0 bridgehead atoms. The Morgan fingerprint density at radius 2 is 1.92 bits per heavy atom. The third-order valence-electron chi connectivity index (χ3n) is 5.47. The second-order valence-corrected chi connectivity index (χ2v) is 7.37. The molecule has 138 valence electrons. The number of nitrogens with two attached hydrogens (primary N) is 1. The Kier molecular flexibility index (Phi) is 5.54. The molecule has 2 aliphatic rings. The third-order valence-corrected chi connectivity index (χ3v) is 5.47.